The predicted octanol–water partition coefficient (Wildman–Crippen LogP) is 1.33. The summed E-state index contributed by atoms with van der Waals surface area (Å²) in [7, 11) is 0. The Morgan fingerprint density at radius 1 is 1.56 bits per heavy atom. The zero-order valence-corrected chi connectivity index (χ0v) is 7.42. The molecule has 0 aliphatic rings. The molecule has 1 aromatic rings. The van der Waals surface area contributed by atoms with Gasteiger partial charge in [-0.3, -0.25) is 10.1 Å². The number of carbonyl (C=O) groups is 1. The number of aromatic carboxylic acids is 1. The van der Waals surface area contributed by atoms with Crippen molar-refractivity contribution in [2.45, 2.75) is 6.43 Å². The molecule has 7 nitrogen and oxygen atoms in total. The largest absolute Gasteiger partial charge is 0.505 e. The second-order valence-corrected chi connectivity index (χ2v) is 2.62. The maximum atomic E-state index is 12.2. The van der Waals surface area contributed by atoms with Crippen molar-refractivity contribution in [3.05, 3.63) is 27.6 Å². The van der Waals surface area contributed by atoms with E-state index >= 15 is 0 Å². The number of halogens is 2. The molecule has 0 spiro atoms. The Morgan fingerprint density at radius 2 is 2.12 bits per heavy atom. The molecule has 1 heterocycles. The van der Waals surface area contributed by atoms with Gasteiger partial charge >= 0.3 is 11.7 Å². The molecule has 0 fully saturated rings. The molecule has 2 N–H and O–H groups in total. The van der Waals surface area contributed by atoms with E-state index in [1.165, 1.54) is 0 Å². The first kappa shape index (κ1) is 11.8. The van der Waals surface area contributed by atoms with Gasteiger partial charge in [0.2, 0.25) is 0 Å². The van der Waals surface area contributed by atoms with E-state index in [1.54, 1.807) is 0 Å². The number of pyridine rings is 1. The summed E-state index contributed by atoms with van der Waals surface area (Å²) >= 11 is 0. The van der Waals surface area contributed by atoms with Gasteiger partial charge < -0.3 is 10.2 Å². The summed E-state index contributed by atoms with van der Waals surface area (Å²) < 4.78 is 24.4. The van der Waals surface area contributed by atoms with Crippen LogP contribution < -0.4 is 0 Å². The molecule has 0 atom stereocenters. The van der Waals surface area contributed by atoms with Crippen LogP contribution in [0.3, 0.4) is 0 Å². The molecule has 0 saturated carbocycles. The monoisotopic (exact) mass is 234 g/mol. The third kappa shape index (κ3) is 1.87. The Morgan fingerprint density at radius 3 is 2.50 bits per heavy atom. The summed E-state index contributed by atoms with van der Waals surface area (Å²) in [5.41, 5.74) is -3.45. The number of aromatic nitrogens is 1. The van der Waals surface area contributed by atoms with Gasteiger partial charge in [0.15, 0.2) is 11.3 Å². The van der Waals surface area contributed by atoms with Crippen LogP contribution in [0.5, 0.6) is 5.75 Å². The van der Waals surface area contributed by atoms with Crippen molar-refractivity contribution in [2.75, 3.05) is 0 Å². The van der Waals surface area contributed by atoms with Crippen LogP contribution in [0.1, 0.15) is 22.5 Å². The second-order valence-electron chi connectivity index (χ2n) is 2.62. The lowest BCUT2D eigenvalue weighted by Crippen LogP contribution is -2.06. The number of carboxylic acids is 1. The Kier molecular flexibility index (Phi) is 2.97. The quantitative estimate of drug-likeness (QED) is 0.602. The molecule has 0 amide bonds. The molecule has 0 aromatic carbocycles. The first-order valence-electron chi connectivity index (χ1n) is 3.74. The lowest BCUT2D eigenvalue weighted by atomic mass is 10.1. The summed E-state index contributed by atoms with van der Waals surface area (Å²) in [4.78, 5) is 22.8. The average Bonchev–Trinajstić information content (AvgIpc) is 2.15. The molecular weight excluding hydrogens is 230 g/mol. The summed E-state index contributed by atoms with van der Waals surface area (Å²) in [6, 6.07) is 0. The summed E-state index contributed by atoms with van der Waals surface area (Å²) in [5.74, 6) is -3.27. The number of hydrogen-bond acceptors (Lipinski definition) is 5. The van der Waals surface area contributed by atoms with E-state index in [2.05, 4.69) is 4.98 Å². The second kappa shape index (κ2) is 4.04. The number of aromatic hydroxyl groups is 1. The average molecular weight is 234 g/mol. The molecule has 0 unspecified atom stereocenters. The minimum absolute atomic E-state index is 0.366. The van der Waals surface area contributed by atoms with Gasteiger partial charge in [-0.2, -0.15) is 0 Å². The third-order valence-corrected chi connectivity index (χ3v) is 1.68. The zero-order valence-electron chi connectivity index (χ0n) is 7.42. The summed E-state index contributed by atoms with van der Waals surface area (Å²) in [6.45, 7) is 0. The molecule has 16 heavy (non-hydrogen) atoms. The number of carboxylic acid groups (broad SMARTS) is 1. The van der Waals surface area contributed by atoms with E-state index in [4.69, 9.17) is 10.2 Å². The van der Waals surface area contributed by atoms with Crippen molar-refractivity contribution in [3.8, 4) is 5.75 Å². The van der Waals surface area contributed by atoms with E-state index in [-0.39, 0.29) is 0 Å². The molecule has 86 valence electrons. The fraction of sp³-hybridized carbons (Fsp3) is 0.143. The van der Waals surface area contributed by atoms with Gasteiger partial charge in [-0.15, -0.1) is 0 Å². The van der Waals surface area contributed by atoms with Gasteiger partial charge in [0.25, 0.3) is 6.43 Å². The SMILES string of the molecule is O=C(O)c1c([N+](=O)[O-])cnc(C(F)F)c1O. The van der Waals surface area contributed by atoms with Crippen LogP contribution in [0.2, 0.25) is 0 Å². The number of nitrogens with zero attached hydrogens (tertiary/aromatic N) is 2. The van der Waals surface area contributed by atoms with Crippen LogP contribution in [0.25, 0.3) is 0 Å². The van der Waals surface area contributed by atoms with Crippen LogP contribution in [0.15, 0.2) is 6.20 Å². The first-order chi connectivity index (χ1) is 7.36. The van der Waals surface area contributed by atoms with Crippen molar-refractivity contribution in [1.29, 1.82) is 0 Å². The molecule has 1 aromatic heterocycles. The lowest BCUT2D eigenvalue weighted by molar-refractivity contribution is -0.385. The van der Waals surface area contributed by atoms with Crippen molar-refractivity contribution in [1.82, 2.24) is 4.98 Å². The number of alkyl halides is 2. The van der Waals surface area contributed by atoms with Crippen molar-refractivity contribution in [2.24, 2.45) is 0 Å². The highest BCUT2D eigenvalue weighted by Gasteiger charge is 2.30. The van der Waals surface area contributed by atoms with Gasteiger partial charge in [0, 0.05) is 0 Å². The van der Waals surface area contributed by atoms with Crippen LogP contribution >= 0.6 is 0 Å². The minimum atomic E-state index is -3.22. The van der Waals surface area contributed by atoms with Crippen molar-refractivity contribution in [3.63, 3.8) is 0 Å². The fourth-order valence-electron chi connectivity index (χ4n) is 1.01. The summed E-state index contributed by atoms with van der Waals surface area (Å²) in [6.07, 6.45) is -2.86. The van der Waals surface area contributed by atoms with E-state index in [0.29, 0.717) is 6.20 Å². The van der Waals surface area contributed by atoms with Gasteiger partial charge in [0.1, 0.15) is 11.9 Å². The number of nitro groups is 1. The number of hydrogen-bond donors (Lipinski definition) is 2. The smallest absolute Gasteiger partial charge is 0.346 e. The first-order valence-corrected chi connectivity index (χ1v) is 3.74. The molecule has 1 rings (SSSR count). The van der Waals surface area contributed by atoms with Gasteiger partial charge in [-0.05, 0) is 0 Å². The van der Waals surface area contributed by atoms with Gasteiger partial charge in [-0.25, -0.2) is 18.6 Å². The molecule has 0 bridgehead atoms. The van der Waals surface area contributed by atoms with Crippen LogP contribution in [0.4, 0.5) is 14.5 Å². The summed E-state index contributed by atoms with van der Waals surface area (Å²) in [5, 5.41) is 28.1. The fourth-order valence-corrected chi connectivity index (χ4v) is 1.01. The van der Waals surface area contributed by atoms with E-state index in [1.807, 2.05) is 0 Å². The molecule has 0 radical (unpaired) electrons. The van der Waals surface area contributed by atoms with E-state index in [9.17, 15) is 23.7 Å². The minimum Gasteiger partial charge on any atom is -0.505 e. The predicted molar refractivity (Wildman–Crippen MR) is 44.5 cm³/mol. The Hall–Kier alpha value is -2.32. The van der Waals surface area contributed by atoms with Crippen LogP contribution in [-0.2, 0) is 0 Å². The molecular formula is C7H4F2N2O5. The highest BCUT2D eigenvalue weighted by atomic mass is 19.3. The zero-order chi connectivity index (χ0) is 12.5. The van der Waals surface area contributed by atoms with Gasteiger partial charge in [-0.1, -0.05) is 0 Å². The van der Waals surface area contributed by atoms with Crippen LogP contribution in [-0.4, -0.2) is 26.1 Å². The normalized spacial score (nSPS) is 10.4. The third-order valence-electron chi connectivity index (χ3n) is 1.68. The highest BCUT2D eigenvalue weighted by Crippen LogP contribution is 2.34. The van der Waals surface area contributed by atoms with E-state index in [0.717, 1.165) is 0 Å². The maximum absolute atomic E-state index is 12.2. The Bertz CT molecular complexity index is 462. The maximum Gasteiger partial charge on any atom is 0.346 e. The van der Waals surface area contributed by atoms with Crippen molar-refractivity contribution >= 4 is 11.7 Å². The molecule has 0 aliphatic carbocycles. The molecule has 9 heteroatoms. The topological polar surface area (TPSA) is 114 Å². The van der Waals surface area contributed by atoms with Crippen LogP contribution in [0, 0.1) is 10.1 Å². The Balaban J connectivity index is 3.54. The van der Waals surface area contributed by atoms with Crippen molar-refractivity contribution < 1.29 is 28.7 Å². The Labute approximate surface area is 86.1 Å². The standard InChI is InChI=1S/C7H4F2N2O5/c8-6(9)4-5(12)3(7(13)14)2(1-10-4)11(15)16/h1,6,12H,(H,13,14). The van der Waals surface area contributed by atoms with E-state index < -0.39 is 40.0 Å². The number of rotatable bonds is 3. The molecule has 0 saturated heterocycles. The lowest BCUT2D eigenvalue weighted by Gasteiger charge is -2.05. The highest BCUT2D eigenvalue weighted by molar-refractivity contribution is 5.95. The van der Waals surface area contributed by atoms with Gasteiger partial charge in [0.05, 0.1) is 4.92 Å². The molecule has 0 aliphatic heterocycles.